The van der Waals surface area contributed by atoms with Gasteiger partial charge in [0.2, 0.25) is 0 Å². The number of nitrogens with one attached hydrogen (secondary N) is 1. The molecule has 3 aromatic rings. The molecular weight excluding hydrogens is 468 g/mol. The van der Waals surface area contributed by atoms with E-state index >= 15 is 0 Å². The van der Waals surface area contributed by atoms with E-state index in [2.05, 4.69) is 17.4 Å². The molecule has 188 valence electrons. The van der Waals surface area contributed by atoms with Crippen LogP contribution in [0.25, 0.3) is 22.6 Å². The fourth-order valence-electron chi connectivity index (χ4n) is 4.51. The number of hydrogen-bond acceptors (Lipinski definition) is 8. The Hall–Kier alpha value is -2.52. The number of hydrogen-bond donors (Lipinski definition) is 2. The fraction of sp³-hybridized carbons (Fsp3) is 0.500. The third-order valence-corrected chi connectivity index (χ3v) is 6.92. The van der Waals surface area contributed by atoms with Gasteiger partial charge in [-0.1, -0.05) is 16.8 Å². The van der Waals surface area contributed by atoms with Crippen molar-refractivity contribution in [1.29, 1.82) is 0 Å². The van der Waals surface area contributed by atoms with Crippen molar-refractivity contribution in [3.63, 3.8) is 0 Å². The largest absolute Gasteiger partial charge is 0.491 e. The molecular formula is C26H33ClN4O4. The molecule has 2 heterocycles. The molecule has 0 radical (unpaired) electrons. The topological polar surface area (TPSA) is 103 Å². The van der Waals surface area contributed by atoms with E-state index in [-0.39, 0.29) is 6.61 Å². The van der Waals surface area contributed by atoms with Gasteiger partial charge in [-0.3, -0.25) is 0 Å². The van der Waals surface area contributed by atoms with Crippen LogP contribution in [0, 0.1) is 26.7 Å². The van der Waals surface area contributed by atoms with Crippen LogP contribution in [0.15, 0.2) is 22.7 Å². The predicted octanol–water partition coefficient (Wildman–Crippen LogP) is 4.30. The van der Waals surface area contributed by atoms with Crippen molar-refractivity contribution < 1.29 is 19.1 Å². The van der Waals surface area contributed by atoms with E-state index < -0.39 is 6.10 Å². The summed E-state index contributed by atoms with van der Waals surface area (Å²) in [7, 11) is 3.55. The van der Waals surface area contributed by atoms with Crippen molar-refractivity contribution in [2.45, 2.75) is 52.2 Å². The van der Waals surface area contributed by atoms with Gasteiger partial charge < -0.3 is 24.4 Å². The van der Waals surface area contributed by atoms with Crippen LogP contribution < -0.4 is 10.1 Å². The van der Waals surface area contributed by atoms with Gasteiger partial charge in [0.1, 0.15) is 24.2 Å². The standard InChI is InChI=1S/C26H33ClN4O4/c1-14-23(10-17-8-20(9-17)33-5)29-26(30-25(14)24-15(2)31-35-16(24)3)21-11-19(6-7-22(21)27)34-13-18(32)12-28-4/h6-7,11,17-18,20,28,32H,8-10,12-13H2,1-5H3/t17?,18-,20?/m1/s1. The van der Waals surface area contributed by atoms with Gasteiger partial charge in [-0.2, -0.15) is 0 Å². The number of likely N-dealkylation sites (N-methyl/N-ethyl adjacent to an activating group) is 1. The smallest absolute Gasteiger partial charge is 0.161 e. The number of aromatic nitrogens is 3. The zero-order chi connectivity index (χ0) is 25.1. The molecule has 1 saturated carbocycles. The maximum absolute atomic E-state index is 10.00. The van der Waals surface area contributed by atoms with Gasteiger partial charge in [-0.25, -0.2) is 9.97 Å². The molecule has 2 aromatic heterocycles. The van der Waals surface area contributed by atoms with E-state index in [0.717, 1.165) is 47.5 Å². The summed E-state index contributed by atoms with van der Waals surface area (Å²) in [4.78, 5) is 9.91. The van der Waals surface area contributed by atoms with Crippen LogP contribution in [-0.4, -0.2) is 59.7 Å². The fourth-order valence-corrected chi connectivity index (χ4v) is 4.71. The number of aliphatic hydroxyl groups excluding tert-OH is 1. The minimum atomic E-state index is -0.620. The Balaban J connectivity index is 1.73. The first-order chi connectivity index (χ1) is 16.8. The highest BCUT2D eigenvalue weighted by molar-refractivity contribution is 6.33. The highest BCUT2D eigenvalue weighted by Gasteiger charge is 2.31. The van der Waals surface area contributed by atoms with E-state index in [1.165, 1.54) is 0 Å². The molecule has 0 spiro atoms. The van der Waals surface area contributed by atoms with Gasteiger partial charge in [0.05, 0.1) is 28.1 Å². The molecule has 35 heavy (non-hydrogen) atoms. The molecule has 0 amide bonds. The number of benzene rings is 1. The minimum absolute atomic E-state index is 0.161. The molecule has 1 atom stereocenters. The molecule has 1 aliphatic carbocycles. The Morgan fingerprint density at radius 3 is 2.66 bits per heavy atom. The lowest BCUT2D eigenvalue weighted by atomic mass is 9.78. The maximum atomic E-state index is 10.00. The van der Waals surface area contributed by atoms with Gasteiger partial charge >= 0.3 is 0 Å². The van der Waals surface area contributed by atoms with Crippen LogP contribution in [-0.2, 0) is 11.2 Å². The average Bonchev–Trinajstić information content (AvgIpc) is 3.14. The quantitative estimate of drug-likeness (QED) is 0.424. The molecule has 1 aliphatic rings. The summed E-state index contributed by atoms with van der Waals surface area (Å²) in [5, 5.41) is 17.6. The molecule has 0 saturated heterocycles. The van der Waals surface area contributed by atoms with E-state index in [4.69, 9.17) is 35.6 Å². The predicted molar refractivity (Wildman–Crippen MR) is 135 cm³/mol. The lowest BCUT2D eigenvalue weighted by molar-refractivity contribution is 0.00112. The minimum Gasteiger partial charge on any atom is -0.491 e. The van der Waals surface area contributed by atoms with Crippen LogP contribution in [0.5, 0.6) is 5.75 Å². The monoisotopic (exact) mass is 500 g/mol. The SMILES string of the molecule is CNC[C@@H](O)COc1ccc(Cl)c(-c2nc(CC3CC(OC)C3)c(C)c(-c3c(C)noc3C)n2)c1. The van der Waals surface area contributed by atoms with Gasteiger partial charge in [0.15, 0.2) is 5.82 Å². The summed E-state index contributed by atoms with van der Waals surface area (Å²) in [6.07, 6.45) is 2.59. The van der Waals surface area contributed by atoms with Gasteiger partial charge in [-0.05, 0) is 76.8 Å². The number of rotatable bonds is 10. The summed E-state index contributed by atoms with van der Waals surface area (Å²) in [5.41, 5.74) is 5.14. The van der Waals surface area contributed by atoms with Crippen LogP contribution in [0.4, 0.5) is 0 Å². The van der Waals surface area contributed by atoms with Crippen molar-refractivity contribution in [2.24, 2.45) is 5.92 Å². The summed E-state index contributed by atoms with van der Waals surface area (Å²) in [5.74, 6) is 2.34. The van der Waals surface area contributed by atoms with Gasteiger partial charge in [0, 0.05) is 24.9 Å². The van der Waals surface area contributed by atoms with Crippen LogP contribution in [0.3, 0.4) is 0 Å². The Labute approximate surface area is 211 Å². The normalized spacial score (nSPS) is 18.4. The third-order valence-electron chi connectivity index (χ3n) is 6.59. The Morgan fingerprint density at radius 1 is 1.23 bits per heavy atom. The van der Waals surface area contributed by atoms with Crippen LogP contribution in [0.2, 0.25) is 5.02 Å². The molecule has 2 N–H and O–H groups in total. The first-order valence-corrected chi connectivity index (χ1v) is 12.3. The summed E-state index contributed by atoms with van der Waals surface area (Å²) in [6, 6.07) is 5.37. The Bertz CT molecular complexity index is 1160. The van der Waals surface area contributed by atoms with E-state index in [1.807, 2.05) is 19.9 Å². The number of methoxy groups -OCH3 is 1. The zero-order valence-electron chi connectivity index (χ0n) is 20.9. The van der Waals surface area contributed by atoms with Gasteiger partial charge in [-0.15, -0.1) is 0 Å². The molecule has 9 heteroatoms. The molecule has 1 fully saturated rings. The third kappa shape index (κ3) is 5.67. The maximum Gasteiger partial charge on any atom is 0.161 e. The summed E-state index contributed by atoms with van der Waals surface area (Å²) >= 11 is 6.61. The average molecular weight is 501 g/mol. The van der Waals surface area contributed by atoms with Crippen LogP contribution >= 0.6 is 11.6 Å². The second kappa shape index (κ2) is 11.0. The highest BCUT2D eigenvalue weighted by atomic mass is 35.5. The lowest BCUT2D eigenvalue weighted by Crippen LogP contribution is -2.32. The van der Waals surface area contributed by atoms with Crippen molar-refractivity contribution in [2.75, 3.05) is 27.3 Å². The van der Waals surface area contributed by atoms with E-state index in [0.29, 0.717) is 46.5 Å². The Morgan fingerprint density at radius 2 is 2.00 bits per heavy atom. The second-order valence-corrected chi connectivity index (χ2v) is 9.64. The van der Waals surface area contributed by atoms with E-state index in [9.17, 15) is 5.11 Å². The number of aryl methyl sites for hydroxylation is 2. The highest BCUT2D eigenvalue weighted by Crippen LogP contribution is 2.37. The number of halogens is 1. The first kappa shape index (κ1) is 25.6. The zero-order valence-corrected chi connectivity index (χ0v) is 21.6. The number of ether oxygens (including phenoxy) is 2. The summed E-state index contributed by atoms with van der Waals surface area (Å²) in [6.45, 7) is 6.46. The van der Waals surface area contributed by atoms with E-state index in [1.54, 1.807) is 26.3 Å². The van der Waals surface area contributed by atoms with Gasteiger partial charge in [0.25, 0.3) is 0 Å². The lowest BCUT2D eigenvalue weighted by Gasteiger charge is -2.34. The van der Waals surface area contributed by atoms with Crippen molar-refractivity contribution >= 4 is 11.6 Å². The van der Waals surface area contributed by atoms with Crippen molar-refractivity contribution in [1.82, 2.24) is 20.4 Å². The molecule has 0 aliphatic heterocycles. The molecule has 0 unspecified atom stereocenters. The number of nitrogens with zero attached hydrogens (tertiary/aromatic N) is 3. The summed E-state index contributed by atoms with van der Waals surface area (Å²) < 4.78 is 16.7. The molecule has 4 rings (SSSR count). The first-order valence-electron chi connectivity index (χ1n) is 11.9. The van der Waals surface area contributed by atoms with Crippen molar-refractivity contribution in [3.05, 3.63) is 45.9 Å². The molecule has 0 bridgehead atoms. The molecule has 1 aromatic carbocycles. The van der Waals surface area contributed by atoms with Crippen molar-refractivity contribution in [3.8, 4) is 28.4 Å². The number of aliphatic hydroxyl groups is 1. The second-order valence-electron chi connectivity index (χ2n) is 9.23. The van der Waals surface area contributed by atoms with Crippen LogP contribution in [0.1, 0.15) is 35.6 Å². The Kier molecular flexibility index (Phi) is 8.06. The molecule has 8 nitrogen and oxygen atoms in total.